The van der Waals surface area contributed by atoms with Crippen LogP contribution in [0.1, 0.15) is 39.5 Å². The standard InChI is InChI=1S/C15H28N2O3/c1-12(2)16-6-3-4-13(5-7-16)17-8-9-20-14(11-17)10-15(18)19/h12-14H,3-11H2,1-2H3,(H,18,19). The molecule has 0 spiro atoms. The van der Waals surface area contributed by atoms with E-state index in [-0.39, 0.29) is 12.5 Å². The monoisotopic (exact) mass is 284 g/mol. The van der Waals surface area contributed by atoms with Crippen molar-refractivity contribution in [2.45, 2.75) is 57.7 Å². The lowest BCUT2D eigenvalue weighted by Gasteiger charge is -2.37. The number of rotatable bonds is 4. The molecule has 0 amide bonds. The number of hydrogen-bond donors (Lipinski definition) is 1. The minimum absolute atomic E-state index is 0.126. The van der Waals surface area contributed by atoms with E-state index in [1.807, 2.05) is 0 Å². The fraction of sp³-hybridized carbons (Fsp3) is 0.933. The van der Waals surface area contributed by atoms with Crippen LogP contribution in [-0.4, -0.2) is 71.8 Å². The van der Waals surface area contributed by atoms with E-state index in [9.17, 15) is 4.79 Å². The molecule has 2 atom stereocenters. The topological polar surface area (TPSA) is 53.0 Å². The van der Waals surface area contributed by atoms with Crippen LogP contribution in [0.5, 0.6) is 0 Å². The largest absolute Gasteiger partial charge is 0.481 e. The summed E-state index contributed by atoms with van der Waals surface area (Å²) in [5.74, 6) is -0.760. The Bertz CT molecular complexity index is 322. The smallest absolute Gasteiger partial charge is 0.306 e. The van der Waals surface area contributed by atoms with Crippen LogP contribution in [0.25, 0.3) is 0 Å². The predicted octanol–water partition coefficient (Wildman–Crippen LogP) is 1.42. The van der Waals surface area contributed by atoms with E-state index in [1.54, 1.807) is 0 Å². The maximum absolute atomic E-state index is 10.8. The number of ether oxygens (including phenoxy) is 1. The van der Waals surface area contributed by atoms with Gasteiger partial charge in [0.25, 0.3) is 0 Å². The summed E-state index contributed by atoms with van der Waals surface area (Å²) in [6.07, 6.45) is 3.65. The summed E-state index contributed by atoms with van der Waals surface area (Å²) in [6, 6.07) is 1.22. The molecule has 2 rings (SSSR count). The summed E-state index contributed by atoms with van der Waals surface area (Å²) in [5, 5.41) is 8.90. The number of aliphatic carboxylic acids is 1. The van der Waals surface area contributed by atoms with Crippen LogP contribution in [0.4, 0.5) is 0 Å². The van der Waals surface area contributed by atoms with Crippen LogP contribution in [0, 0.1) is 0 Å². The summed E-state index contributed by atoms with van der Waals surface area (Å²) < 4.78 is 5.57. The van der Waals surface area contributed by atoms with Gasteiger partial charge in [0.15, 0.2) is 0 Å². The van der Waals surface area contributed by atoms with Gasteiger partial charge in [0.05, 0.1) is 19.1 Å². The molecule has 116 valence electrons. The van der Waals surface area contributed by atoms with Crippen LogP contribution in [0.3, 0.4) is 0 Å². The number of nitrogens with zero attached hydrogens (tertiary/aromatic N) is 2. The van der Waals surface area contributed by atoms with Gasteiger partial charge in [-0.2, -0.15) is 0 Å². The Morgan fingerprint density at radius 3 is 2.80 bits per heavy atom. The molecule has 5 heteroatoms. The van der Waals surface area contributed by atoms with Gasteiger partial charge < -0.3 is 14.7 Å². The molecule has 2 fully saturated rings. The van der Waals surface area contributed by atoms with E-state index >= 15 is 0 Å². The molecule has 2 heterocycles. The molecule has 2 saturated heterocycles. The van der Waals surface area contributed by atoms with Crippen molar-refractivity contribution < 1.29 is 14.6 Å². The summed E-state index contributed by atoms with van der Waals surface area (Å²) >= 11 is 0. The molecule has 0 aromatic heterocycles. The lowest BCUT2D eigenvalue weighted by Crippen LogP contribution is -2.48. The zero-order valence-electron chi connectivity index (χ0n) is 12.8. The molecule has 20 heavy (non-hydrogen) atoms. The fourth-order valence-corrected chi connectivity index (χ4v) is 3.37. The van der Waals surface area contributed by atoms with Gasteiger partial charge in [-0.05, 0) is 46.2 Å². The zero-order chi connectivity index (χ0) is 14.5. The summed E-state index contributed by atoms with van der Waals surface area (Å²) in [7, 11) is 0. The van der Waals surface area contributed by atoms with Crippen LogP contribution in [0.2, 0.25) is 0 Å². The van der Waals surface area contributed by atoms with Gasteiger partial charge in [-0.15, -0.1) is 0 Å². The lowest BCUT2D eigenvalue weighted by molar-refractivity contribution is -0.142. The van der Waals surface area contributed by atoms with Crippen molar-refractivity contribution in [3.05, 3.63) is 0 Å². The van der Waals surface area contributed by atoms with E-state index in [2.05, 4.69) is 23.6 Å². The summed E-state index contributed by atoms with van der Waals surface area (Å²) in [5.41, 5.74) is 0. The van der Waals surface area contributed by atoms with Crippen molar-refractivity contribution in [1.29, 1.82) is 0 Å². The maximum Gasteiger partial charge on any atom is 0.306 e. The summed E-state index contributed by atoms with van der Waals surface area (Å²) in [4.78, 5) is 15.8. The number of hydrogen-bond acceptors (Lipinski definition) is 4. The molecule has 0 aliphatic carbocycles. The first kappa shape index (κ1) is 15.7. The number of carboxylic acid groups (broad SMARTS) is 1. The van der Waals surface area contributed by atoms with Crippen molar-refractivity contribution in [1.82, 2.24) is 9.80 Å². The minimum atomic E-state index is -0.760. The molecule has 2 aliphatic rings. The minimum Gasteiger partial charge on any atom is -0.481 e. The molecule has 0 aromatic carbocycles. The Kier molecular flexibility index (Phi) is 5.81. The Morgan fingerprint density at radius 1 is 1.30 bits per heavy atom. The Hall–Kier alpha value is -0.650. The Labute approximate surface area is 121 Å². The number of morpholine rings is 1. The second-order valence-electron chi connectivity index (χ2n) is 6.30. The molecule has 2 aliphatic heterocycles. The van der Waals surface area contributed by atoms with Crippen molar-refractivity contribution in [3.63, 3.8) is 0 Å². The predicted molar refractivity (Wildman–Crippen MR) is 77.9 cm³/mol. The second-order valence-corrected chi connectivity index (χ2v) is 6.30. The first-order valence-electron chi connectivity index (χ1n) is 7.87. The lowest BCUT2D eigenvalue weighted by atomic mass is 10.1. The molecule has 1 N–H and O–H groups in total. The molecule has 2 unspecified atom stereocenters. The average Bonchev–Trinajstić information content (AvgIpc) is 2.64. The van der Waals surface area contributed by atoms with E-state index in [0.29, 0.717) is 18.7 Å². The van der Waals surface area contributed by atoms with Gasteiger partial charge in [0, 0.05) is 25.2 Å². The molecule has 5 nitrogen and oxygen atoms in total. The SMILES string of the molecule is CC(C)N1CCCC(N2CCOC(CC(=O)O)C2)CC1. The second kappa shape index (κ2) is 7.38. The highest BCUT2D eigenvalue weighted by molar-refractivity contribution is 5.67. The highest BCUT2D eigenvalue weighted by Crippen LogP contribution is 2.21. The van der Waals surface area contributed by atoms with Crippen LogP contribution in [0.15, 0.2) is 0 Å². The van der Waals surface area contributed by atoms with Crippen molar-refractivity contribution in [2.24, 2.45) is 0 Å². The Morgan fingerprint density at radius 2 is 2.10 bits per heavy atom. The number of carbonyl (C=O) groups is 1. The van der Waals surface area contributed by atoms with Crippen LogP contribution >= 0.6 is 0 Å². The van der Waals surface area contributed by atoms with Gasteiger partial charge >= 0.3 is 5.97 Å². The highest BCUT2D eigenvalue weighted by Gasteiger charge is 2.29. The normalized spacial score (nSPS) is 30.4. The molecular formula is C15H28N2O3. The van der Waals surface area contributed by atoms with E-state index in [4.69, 9.17) is 9.84 Å². The van der Waals surface area contributed by atoms with Gasteiger partial charge in [-0.25, -0.2) is 0 Å². The highest BCUT2D eigenvalue weighted by atomic mass is 16.5. The van der Waals surface area contributed by atoms with Crippen LogP contribution in [-0.2, 0) is 9.53 Å². The van der Waals surface area contributed by atoms with Crippen molar-refractivity contribution in [3.8, 4) is 0 Å². The van der Waals surface area contributed by atoms with E-state index in [1.165, 1.54) is 25.8 Å². The third kappa shape index (κ3) is 4.43. The van der Waals surface area contributed by atoms with Crippen LogP contribution < -0.4 is 0 Å². The molecule has 0 bridgehead atoms. The van der Waals surface area contributed by atoms with Crippen molar-refractivity contribution in [2.75, 3.05) is 32.8 Å². The zero-order valence-corrected chi connectivity index (χ0v) is 12.8. The van der Waals surface area contributed by atoms with Gasteiger partial charge in [-0.3, -0.25) is 9.69 Å². The first-order valence-corrected chi connectivity index (χ1v) is 7.87. The third-order valence-corrected chi connectivity index (χ3v) is 4.55. The molecule has 0 radical (unpaired) electrons. The van der Waals surface area contributed by atoms with Crippen molar-refractivity contribution >= 4 is 5.97 Å². The fourth-order valence-electron chi connectivity index (χ4n) is 3.37. The van der Waals surface area contributed by atoms with Gasteiger partial charge in [0.1, 0.15) is 0 Å². The quantitative estimate of drug-likeness (QED) is 0.846. The third-order valence-electron chi connectivity index (χ3n) is 4.55. The first-order chi connectivity index (χ1) is 9.56. The molecule has 0 saturated carbocycles. The molecular weight excluding hydrogens is 256 g/mol. The molecule has 0 aromatic rings. The van der Waals surface area contributed by atoms with E-state index < -0.39 is 5.97 Å². The maximum atomic E-state index is 10.8. The number of carboxylic acids is 1. The van der Waals surface area contributed by atoms with E-state index in [0.717, 1.165) is 19.6 Å². The van der Waals surface area contributed by atoms with Gasteiger partial charge in [-0.1, -0.05) is 0 Å². The van der Waals surface area contributed by atoms with Gasteiger partial charge in [0.2, 0.25) is 0 Å². The average molecular weight is 284 g/mol. The Balaban J connectivity index is 1.85. The summed E-state index contributed by atoms with van der Waals surface area (Å²) in [6.45, 7) is 9.26. The number of likely N-dealkylation sites (tertiary alicyclic amines) is 1.